The lowest BCUT2D eigenvalue weighted by Crippen LogP contribution is -2.24. The summed E-state index contributed by atoms with van der Waals surface area (Å²) in [6.07, 6.45) is 0. The van der Waals surface area contributed by atoms with Crippen molar-refractivity contribution < 1.29 is 9.53 Å². The van der Waals surface area contributed by atoms with Gasteiger partial charge < -0.3 is 15.8 Å². The van der Waals surface area contributed by atoms with Gasteiger partial charge in [-0.15, -0.1) is 0 Å². The van der Waals surface area contributed by atoms with Gasteiger partial charge in [0.05, 0.1) is 10.0 Å². The number of aryl methyl sites for hydroxylation is 1. The Labute approximate surface area is 160 Å². The topological polar surface area (TPSA) is 77.2 Å². The van der Waals surface area contributed by atoms with E-state index in [0.717, 1.165) is 21.5 Å². The van der Waals surface area contributed by atoms with Crippen LogP contribution in [0.1, 0.15) is 21.6 Å². The third-order valence-corrected chi connectivity index (χ3v) is 4.38. The highest BCUT2D eigenvalue weighted by molar-refractivity contribution is 9.10. The van der Waals surface area contributed by atoms with Crippen LogP contribution in [0.4, 0.5) is 5.82 Å². The Kier molecular flexibility index (Phi) is 5.53. The Morgan fingerprint density at radius 2 is 1.96 bits per heavy atom. The van der Waals surface area contributed by atoms with Crippen LogP contribution in [0.15, 0.2) is 65.1 Å². The van der Waals surface area contributed by atoms with Gasteiger partial charge >= 0.3 is 0 Å². The molecule has 3 aromatic rings. The first-order chi connectivity index (χ1) is 12.5. The van der Waals surface area contributed by atoms with Crippen molar-refractivity contribution >= 4 is 27.7 Å². The van der Waals surface area contributed by atoms with Crippen molar-refractivity contribution in [3.63, 3.8) is 0 Å². The lowest BCUT2D eigenvalue weighted by atomic mass is 10.2. The van der Waals surface area contributed by atoms with Crippen LogP contribution in [0, 0.1) is 6.92 Å². The minimum absolute atomic E-state index is 0.230. The molecule has 132 valence electrons. The molecule has 0 spiro atoms. The molecule has 1 heterocycles. The highest BCUT2D eigenvalue weighted by atomic mass is 79.9. The summed E-state index contributed by atoms with van der Waals surface area (Å²) in [5, 5.41) is 2.85. The number of pyridine rings is 1. The summed E-state index contributed by atoms with van der Waals surface area (Å²) >= 11 is 3.46. The largest absolute Gasteiger partial charge is 0.456 e. The summed E-state index contributed by atoms with van der Waals surface area (Å²) in [6, 6.07) is 18.6. The molecule has 0 aliphatic rings. The van der Waals surface area contributed by atoms with Gasteiger partial charge in [0.25, 0.3) is 5.91 Å². The van der Waals surface area contributed by atoms with Crippen LogP contribution in [0.2, 0.25) is 0 Å². The maximum absolute atomic E-state index is 12.3. The van der Waals surface area contributed by atoms with Crippen molar-refractivity contribution in [3.05, 3.63) is 82.0 Å². The first kappa shape index (κ1) is 17.9. The van der Waals surface area contributed by atoms with Gasteiger partial charge in [-0.3, -0.25) is 4.79 Å². The molecule has 26 heavy (non-hydrogen) atoms. The minimum atomic E-state index is -0.257. The number of nitrogens with zero attached hydrogens (tertiary/aromatic N) is 1. The smallest absolute Gasteiger partial charge is 0.255 e. The van der Waals surface area contributed by atoms with Gasteiger partial charge in [-0.05, 0) is 64.8 Å². The summed E-state index contributed by atoms with van der Waals surface area (Å²) in [7, 11) is 0. The van der Waals surface area contributed by atoms with Crippen molar-refractivity contribution in [1.82, 2.24) is 10.3 Å². The lowest BCUT2D eigenvalue weighted by Gasteiger charge is -2.10. The summed E-state index contributed by atoms with van der Waals surface area (Å²) in [6.45, 7) is 2.19. The number of hydrogen-bond acceptors (Lipinski definition) is 4. The number of benzene rings is 2. The highest BCUT2D eigenvalue weighted by Crippen LogP contribution is 2.29. The lowest BCUT2D eigenvalue weighted by molar-refractivity contribution is 0.0951. The van der Waals surface area contributed by atoms with E-state index in [1.54, 1.807) is 12.1 Å². The number of nitrogens with two attached hydrogens (primary N) is 1. The van der Waals surface area contributed by atoms with Crippen molar-refractivity contribution in [3.8, 4) is 11.5 Å². The molecule has 3 rings (SSSR count). The Bertz CT molecular complexity index is 944. The normalized spacial score (nSPS) is 10.4. The monoisotopic (exact) mass is 411 g/mol. The third-order valence-electron chi connectivity index (χ3n) is 3.72. The van der Waals surface area contributed by atoms with Crippen LogP contribution in [0.5, 0.6) is 11.5 Å². The Morgan fingerprint density at radius 1 is 1.15 bits per heavy atom. The minimum Gasteiger partial charge on any atom is -0.456 e. The first-order valence-electron chi connectivity index (χ1n) is 8.05. The number of nitrogens with one attached hydrogen (secondary N) is 1. The zero-order valence-electron chi connectivity index (χ0n) is 14.2. The summed E-state index contributed by atoms with van der Waals surface area (Å²) < 4.78 is 6.76. The molecular formula is C20H18BrN3O2. The number of carbonyl (C=O) groups excluding carboxylic acids is 1. The molecule has 0 atom stereocenters. The summed E-state index contributed by atoms with van der Waals surface area (Å²) in [5.74, 6) is 1.40. The fourth-order valence-electron chi connectivity index (χ4n) is 2.42. The van der Waals surface area contributed by atoms with Gasteiger partial charge in [0, 0.05) is 12.2 Å². The summed E-state index contributed by atoms with van der Waals surface area (Å²) in [5.41, 5.74) is 7.88. The molecule has 0 unspecified atom stereocenters. The number of carbonyl (C=O) groups is 1. The van der Waals surface area contributed by atoms with Crippen LogP contribution < -0.4 is 15.8 Å². The van der Waals surface area contributed by atoms with E-state index < -0.39 is 0 Å². The third kappa shape index (κ3) is 4.40. The zero-order valence-corrected chi connectivity index (χ0v) is 15.8. The second-order valence-corrected chi connectivity index (χ2v) is 6.60. The highest BCUT2D eigenvalue weighted by Gasteiger charge is 2.11. The Hall–Kier alpha value is -2.86. The number of amides is 1. The molecule has 0 fully saturated rings. The molecule has 0 bridgehead atoms. The fraction of sp³-hybridized carbons (Fsp3) is 0.100. The number of halogens is 1. The maximum atomic E-state index is 12.3. The van der Waals surface area contributed by atoms with Gasteiger partial charge in [-0.2, -0.15) is 0 Å². The fourth-order valence-corrected chi connectivity index (χ4v) is 2.79. The van der Waals surface area contributed by atoms with Crippen LogP contribution >= 0.6 is 15.9 Å². The Morgan fingerprint density at radius 3 is 2.73 bits per heavy atom. The number of ether oxygens (including phenoxy) is 1. The van der Waals surface area contributed by atoms with E-state index in [9.17, 15) is 4.79 Å². The average Bonchev–Trinajstić information content (AvgIpc) is 2.62. The predicted molar refractivity (Wildman–Crippen MR) is 105 cm³/mol. The molecule has 1 aromatic heterocycles. The quantitative estimate of drug-likeness (QED) is 0.649. The number of para-hydroxylation sites is 1. The summed E-state index contributed by atoms with van der Waals surface area (Å²) in [4.78, 5) is 16.4. The molecule has 0 saturated carbocycles. The van der Waals surface area contributed by atoms with Crippen LogP contribution in [-0.4, -0.2) is 10.9 Å². The van der Waals surface area contributed by atoms with Crippen LogP contribution in [0.3, 0.4) is 0 Å². The van der Waals surface area contributed by atoms with Gasteiger partial charge in [-0.25, -0.2) is 4.98 Å². The molecular weight excluding hydrogens is 394 g/mol. The van der Waals surface area contributed by atoms with Gasteiger partial charge in [0.15, 0.2) is 0 Å². The second kappa shape index (κ2) is 8.01. The number of anilines is 1. The molecule has 0 radical (unpaired) electrons. The second-order valence-electron chi connectivity index (χ2n) is 5.75. The van der Waals surface area contributed by atoms with Gasteiger partial charge in [0.2, 0.25) is 0 Å². The Balaban J connectivity index is 1.67. The van der Waals surface area contributed by atoms with E-state index >= 15 is 0 Å². The van der Waals surface area contributed by atoms with Crippen molar-refractivity contribution in [2.75, 3.05) is 5.73 Å². The van der Waals surface area contributed by atoms with Crippen molar-refractivity contribution in [2.24, 2.45) is 0 Å². The SMILES string of the molecule is Cc1ccc(C(=O)NCc2cccc(Oc3ccccc3Br)c2)c(N)n1. The molecule has 0 aliphatic carbocycles. The maximum Gasteiger partial charge on any atom is 0.255 e. The zero-order chi connectivity index (χ0) is 18.5. The first-order valence-corrected chi connectivity index (χ1v) is 8.85. The van der Waals surface area contributed by atoms with E-state index in [0.29, 0.717) is 17.9 Å². The molecule has 2 aromatic carbocycles. The van der Waals surface area contributed by atoms with E-state index in [1.807, 2.05) is 55.5 Å². The van der Waals surface area contributed by atoms with E-state index in [-0.39, 0.29) is 11.7 Å². The van der Waals surface area contributed by atoms with E-state index in [2.05, 4.69) is 26.2 Å². The van der Waals surface area contributed by atoms with Gasteiger partial charge in [-0.1, -0.05) is 24.3 Å². The van der Waals surface area contributed by atoms with E-state index in [4.69, 9.17) is 10.5 Å². The number of nitrogen functional groups attached to an aromatic ring is 1. The predicted octanol–water partition coefficient (Wildman–Crippen LogP) is 4.46. The number of rotatable bonds is 5. The van der Waals surface area contributed by atoms with Crippen molar-refractivity contribution in [2.45, 2.75) is 13.5 Å². The van der Waals surface area contributed by atoms with Crippen molar-refractivity contribution in [1.29, 1.82) is 0 Å². The van der Waals surface area contributed by atoms with Crippen LogP contribution in [-0.2, 0) is 6.54 Å². The molecule has 0 aliphatic heterocycles. The van der Waals surface area contributed by atoms with E-state index in [1.165, 1.54) is 0 Å². The van der Waals surface area contributed by atoms with Crippen LogP contribution in [0.25, 0.3) is 0 Å². The average molecular weight is 412 g/mol. The molecule has 6 heteroatoms. The molecule has 5 nitrogen and oxygen atoms in total. The van der Waals surface area contributed by atoms with Gasteiger partial charge in [0.1, 0.15) is 17.3 Å². The number of hydrogen-bond donors (Lipinski definition) is 2. The molecule has 1 amide bonds. The number of aromatic nitrogens is 1. The molecule has 3 N–H and O–H groups in total. The molecule has 0 saturated heterocycles. The standard InChI is InChI=1S/C20H18BrN3O2/c1-13-9-10-16(19(22)24-13)20(25)23-12-14-5-4-6-15(11-14)26-18-8-3-2-7-17(18)21/h2-11H,12H2,1H3,(H2,22,24)(H,23,25).